The summed E-state index contributed by atoms with van der Waals surface area (Å²) in [6.45, 7) is 2.04. The standard InChI is InChI=1S/C14H17N3O/c1-9-6-7-12(13-11(9)8-15-17-13)16-14(18)10-4-2-3-5-10/h6-8,10H,2-5H2,1H3,(H,15,17)(H,16,18). The van der Waals surface area contributed by atoms with Crippen LogP contribution < -0.4 is 5.32 Å². The molecule has 1 fully saturated rings. The molecule has 0 spiro atoms. The van der Waals surface area contributed by atoms with Gasteiger partial charge in [-0.1, -0.05) is 18.9 Å². The van der Waals surface area contributed by atoms with Crippen LogP contribution in [-0.2, 0) is 4.79 Å². The number of hydrogen-bond donors (Lipinski definition) is 2. The molecule has 1 heterocycles. The molecule has 1 aromatic heterocycles. The molecule has 0 unspecified atom stereocenters. The quantitative estimate of drug-likeness (QED) is 0.851. The Morgan fingerprint density at radius 3 is 2.94 bits per heavy atom. The van der Waals surface area contributed by atoms with Gasteiger partial charge in [-0.15, -0.1) is 0 Å². The maximum absolute atomic E-state index is 12.1. The van der Waals surface area contributed by atoms with Gasteiger partial charge in [0.15, 0.2) is 0 Å². The molecule has 0 atom stereocenters. The molecular weight excluding hydrogens is 226 g/mol. The molecular formula is C14H17N3O. The lowest BCUT2D eigenvalue weighted by molar-refractivity contribution is -0.119. The van der Waals surface area contributed by atoms with Crippen molar-refractivity contribution in [2.24, 2.45) is 5.92 Å². The number of nitrogens with zero attached hydrogens (tertiary/aromatic N) is 1. The van der Waals surface area contributed by atoms with Gasteiger partial charge in [-0.3, -0.25) is 9.89 Å². The van der Waals surface area contributed by atoms with Crippen LogP contribution in [-0.4, -0.2) is 16.1 Å². The van der Waals surface area contributed by atoms with Crippen LogP contribution >= 0.6 is 0 Å². The van der Waals surface area contributed by atoms with E-state index < -0.39 is 0 Å². The van der Waals surface area contributed by atoms with Crippen LogP contribution in [0.2, 0.25) is 0 Å². The smallest absolute Gasteiger partial charge is 0.227 e. The van der Waals surface area contributed by atoms with Crippen molar-refractivity contribution in [3.8, 4) is 0 Å². The third-order valence-corrected chi connectivity index (χ3v) is 3.82. The number of rotatable bonds is 2. The number of anilines is 1. The van der Waals surface area contributed by atoms with E-state index in [2.05, 4.69) is 15.5 Å². The molecule has 3 rings (SSSR count). The lowest BCUT2D eigenvalue weighted by Gasteiger charge is -2.11. The van der Waals surface area contributed by atoms with Crippen molar-refractivity contribution in [3.63, 3.8) is 0 Å². The lowest BCUT2D eigenvalue weighted by Crippen LogP contribution is -2.20. The molecule has 0 aliphatic heterocycles. The fourth-order valence-corrected chi connectivity index (χ4v) is 2.70. The number of aryl methyl sites for hydroxylation is 1. The van der Waals surface area contributed by atoms with Crippen molar-refractivity contribution in [3.05, 3.63) is 23.9 Å². The number of H-pyrrole nitrogens is 1. The van der Waals surface area contributed by atoms with Crippen LogP contribution in [0.1, 0.15) is 31.2 Å². The first-order valence-corrected chi connectivity index (χ1v) is 6.49. The van der Waals surface area contributed by atoms with E-state index in [4.69, 9.17) is 0 Å². The highest BCUT2D eigenvalue weighted by Gasteiger charge is 2.23. The monoisotopic (exact) mass is 243 g/mol. The van der Waals surface area contributed by atoms with Crippen LogP contribution in [0.25, 0.3) is 10.9 Å². The minimum absolute atomic E-state index is 0.146. The molecule has 0 bridgehead atoms. The van der Waals surface area contributed by atoms with Crippen LogP contribution in [0.5, 0.6) is 0 Å². The summed E-state index contributed by atoms with van der Waals surface area (Å²) in [6, 6.07) is 3.96. The zero-order valence-electron chi connectivity index (χ0n) is 10.5. The number of carbonyl (C=O) groups excluding carboxylic acids is 1. The van der Waals surface area contributed by atoms with E-state index in [9.17, 15) is 4.79 Å². The molecule has 4 nitrogen and oxygen atoms in total. The average Bonchev–Trinajstić information content (AvgIpc) is 3.01. The second-order valence-electron chi connectivity index (χ2n) is 5.06. The van der Waals surface area contributed by atoms with E-state index in [0.717, 1.165) is 35.0 Å². The molecule has 1 aliphatic rings. The van der Waals surface area contributed by atoms with Gasteiger partial charge in [-0.05, 0) is 31.4 Å². The minimum Gasteiger partial charge on any atom is -0.324 e. The van der Waals surface area contributed by atoms with E-state index >= 15 is 0 Å². The van der Waals surface area contributed by atoms with Gasteiger partial charge in [0.1, 0.15) is 0 Å². The number of fused-ring (bicyclic) bond motifs is 1. The fraction of sp³-hybridized carbons (Fsp3) is 0.429. The third kappa shape index (κ3) is 1.88. The van der Waals surface area contributed by atoms with E-state index in [1.807, 2.05) is 19.1 Å². The maximum atomic E-state index is 12.1. The Labute approximate surface area is 106 Å². The van der Waals surface area contributed by atoms with Crippen molar-refractivity contribution in [2.75, 3.05) is 5.32 Å². The van der Waals surface area contributed by atoms with E-state index in [0.29, 0.717) is 0 Å². The maximum Gasteiger partial charge on any atom is 0.227 e. The molecule has 0 saturated heterocycles. The average molecular weight is 243 g/mol. The minimum atomic E-state index is 0.146. The van der Waals surface area contributed by atoms with Gasteiger partial charge in [0.2, 0.25) is 5.91 Å². The molecule has 2 N–H and O–H groups in total. The van der Waals surface area contributed by atoms with E-state index in [1.54, 1.807) is 6.20 Å². The number of hydrogen-bond acceptors (Lipinski definition) is 2. The summed E-state index contributed by atoms with van der Waals surface area (Å²) in [7, 11) is 0. The summed E-state index contributed by atoms with van der Waals surface area (Å²) >= 11 is 0. The number of carbonyl (C=O) groups is 1. The summed E-state index contributed by atoms with van der Waals surface area (Å²) in [4.78, 5) is 12.1. The van der Waals surface area contributed by atoms with Crippen LogP contribution in [0.15, 0.2) is 18.3 Å². The summed E-state index contributed by atoms with van der Waals surface area (Å²) < 4.78 is 0. The number of benzene rings is 1. The molecule has 1 aliphatic carbocycles. The van der Waals surface area contributed by atoms with E-state index in [-0.39, 0.29) is 11.8 Å². The molecule has 18 heavy (non-hydrogen) atoms. The second-order valence-corrected chi connectivity index (χ2v) is 5.06. The van der Waals surface area contributed by atoms with Gasteiger partial charge >= 0.3 is 0 Å². The highest BCUT2D eigenvalue weighted by molar-refractivity contribution is 6.01. The predicted molar refractivity (Wildman–Crippen MR) is 71.4 cm³/mol. The van der Waals surface area contributed by atoms with E-state index in [1.165, 1.54) is 12.8 Å². The molecule has 2 aromatic rings. The second kappa shape index (κ2) is 4.44. The first-order valence-electron chi connectivity index (χ1n) is 6.49. The van der Waals surface area contributed by atoms with Gasteiger partial charge in [0.25, 0.3) is 0 Å². The van der Waals surface area contributed by atoms with Crippen LogP contribution in [0.3, 0.4) is 0 Å². The Balaban J connectivity index is 1.88. The van der Waals surface area contributed by atoms with Crippen molar-refractivity contribution in [2.45, 2.75) is 32.6 Å². The van der Waals surface area contributed by atoms with Gasteiger partial charge < -0.3 is 5.32 Å². The fourth-order valence-electron chi connectivity index (χ4n) is 2.70. The zero-order chi connectivity index (χ0) is 12.5. The molecule has 0 radical (unpaired) electrons. The zero-order valence-corrected chi connectivity index (χ0v) is 10.5. The van der Waals surface area contributed by atoms with Crippen LogP contribution in [0, 0.1) is 12.8 Å². The lowest BCUT2D eigenvalue weighted by atomic mass is 10.1. The summed E-state index contributed by atoms with van der Waals surface area (Å²) in [5.74, 6) is 0.330. The molecule has 94 valence electrons. The summed E-state index contributed by atoms with van der Waals surface area (Å²) in [6.07, 6.45) is 6.18. The first-order chi connectivity index (χ1) is 8.75. The van der Waals surface area contributed by atoms with Crippen molar-refractivity contribution >= 4 is 22.5 Å². The normalized spacial score (nSPS) is 16.3. The van der Waals surface area contributed by atoms with Crippen molar-refractivity contribution in [1.29, 1.82) is 0 Å². The SMILES string of the molecule is Cc1ccc(NC(=O)C2CCCC2)c2[nH]ncc12. The van der Waals surface area contributed by atoms with Crippen molar-refractivity contribution < 1.29 is 4.79 Å². The van der Waals surface area contributed by atoms with Gasteiger partial charge in [-0.25, -0.2) is 0 Å². The Morgan fingerprint density at radius 2 is 2.17 bits per heavy atom. The molecule has 1 aromatic carbocycles. The topological polar surface area (TPSA) is 57.8 Å². The third-order valence-electron chi connectivity index (χ3n) is 3.82. The Kier molecular flexibility index (Phi) is 2.78. The largest absolute Gasteiger partial charge is 0.324 e. The Hall–Kier alpha value is -1.84. The van der Waals surface area contributed by atoms with Crippen LogP contribution in [0.4, 0.5) is 5.69 Å². The Morgan fingerprint density at radius 1 is 1.39 bits per heavy atom. The first kappa shape index (κ1) is 11.3. The number of nitrogens with one attached hydrogen (secondary N) is 2. The Bertz CT molecular complexity index is 582. The molecule has 1 saturated carbocycles. The number of aromatic amines is 1. The summed E-state index contributed by atoms with van der Waals surface area (Å²) in [5, 5.41) is 11.1. The molecule has 1 amide bonds. The number of aromatic nitrogens is 2. The predicted octanol–water partition coefficient (Wildman–Crippen LogP) is 3.00. The highest BCUT2D eigenvalue weighted by atomic mass is 16.1. The van der Waals surface area contributed by atoms with Gasteiger partial charge in [0, 0.05) is 11.3 Å². The van der Waals surface area contributed by atoms with Gasteiger partial charge in [-0.2, -0.15) is 5.10 Å². The summed E-state index contributed by atoms with van der Waals surface area (Å²) in [5.41, 5.74) is 2.92. The highest BCUT2D eigenvalue weighted by Crippen LogP contribution is 2.28. The van der Waals surface area contributed by atoms with Crippen molar-refractivity contribution in [1.82, 2.24) is 10.2 Å². The molecule has 4 heteroatoms. The van der Waals surface area contributed by atoms with Gasteiger partial charge in [0.05, 0.1) is 17.4 Å². The number of amides is 1.